The summed E-state index contributed by atoms with van der Waals surface area (Å²) in [5.74, 6) is 2.19. The van der Waals surface area contributed by atoms with Gasteiger partial charge in [-0.05, 0) is 43.5 Å². The highest BCUT2D eigenvalue weighted by molar-refractivity contribution is 5.37. The van der Waals surface area contributed by atoms with Crippen LogP contribution in [0, 0.1) is 6.92 Å². The van der Waals surface area contributed by atoms with E-state index < -0.39 is 0 Å². The average Bonchev–Trinajstić information content (AvgIpc) is 2.54. The second-order valence-corrected chi connectivity index (χ2v) is 5.84. The van der Waals surface area contributed by atoms with Crippen molar-refractivity contribution in [3.8, 4) is 5.75 Å². The standard InChI is InChI=1S/C17H19N3O/c1-11-14-6-7-18-9-15(14)20-17(19-11)13-8-12-4-2-3-5-16(12)21-10-13/h2-5,13,18H,6-10H2,1H3. The Morgan fingerprint density at radius 2 is 2.14 bits per heavy atom. The Kier molecular flexibility index (Phi) is 3.11. The van der Waals surface area contributed by atoms with E-state index >= 15 is 0 Å². The molecule has 0 amide bonds. The van der Waals surface area contributed by atoms with Gasteiger partial charge in [0.2, 0.25) is 0 Å². The lowest BCUT2D eigenvalue weighted by Crippen LogP contribution is -2.28. The predicted molar refractivity (Wildman–Crippen MR) is 80.6 cm³/mol. The van der Waals surface area contributed by atoms with Crippen molar-refractivity contribution >= 4 is 0 Å². The van der Waals surface area contributed by atoms with Crippen LogP contribution >= 0.6 is 0 Å². The van der Waals surface area contributed by atoms with Crippen LogP contribution in [0.15, 0.2) is 24.3 Å². The monoisotopic (exact) mass is 281 g/mol. The molecular formula is C17H19N3O. The van der Waals surface area contributed by atoms with Crippen molar-refractivity contribution in [1.29, 1.82) is 0 Å². The van der Waals surface area contributed by atoms with Gasteiger partial charge in [0, 0.05) is 12.2 Å². The molecule has 2 aromatic rings. The van der Waals surface area contributed by atoms with Gasteiger partial charge in [0.25, 0.3) is 0 Å². The van der Waals surface area contributed by atoms with Gasteiger partial charge in [0.1, 0.15) is 11.6 Å². The average molecular weight is 281 g/mol. The molecule has 2 aliphatic rings. The van der Waals surface area contributed by atoms with E-state index in [-0.39, 0.29) is 5.92 Å². The van der Waals surface area contributed by atoms with Crippen LogP contribution in [-0.4, -0.2) is 23.1 Å². The van der Waals surface area contributed by atoms with Crippen LogP contribution in [0.5, 0.6) is 5.75 Å². The molecular weight excluding hydrogens is 262 g/mol. The van der Waals surface area contributed by atoms with Crippen LogP contribution in [0.2, 0.25) is 0 Å². The highest BCUT2D eigenvalue weighted by Gasteiger charge is 2.25. The molecule has 4 nitrogen and oxygen atoms in total. The van der Waals surface area contributed by atoms with Gasteiger partial charge in [0.05, 0.1) is 18.2 Å². The number of hydrogen-bond acceptors (Lipinski definition) is 4. The summed E-state index contributed by atoms with van der Waals surface area (Å²) in [6, 6.07) is 8.25. The van der Waals surface area contributed by atoms with Crippen LogP contribution in [0.3, 0.4) is 0 Å². The van der Waals surface area contributed by atoms with Gasteiger partial charge in [0.15, 0.2) is 0 Å². The Hall–Kier alpha value is -1.94. The number of nitrogens with one attached hydrogen (secondary N) is 1. The van der Waals surface area contributed by atoms with E-state index in [1.165, 1.54) is 16.8 Å². The Morgan fingerprint density at radius 3 is 3.10 bits per heavy atom. The maximum atomic E-state index is 5.88. The Morgan fingerprint density at radius 1 is 1.24 bits per heavy atom. The van der Waals surface area contributed by atoms with Crippen molar-refractivity contribution in [3.05, 3.63) is 52.6 Å². The lowest BCUT2D eigenvalue weighted by molar-refractivity contribution is 0.257. The third-order valence-corrected chi connectivity index (χ3v) is 4.41. The summed E-state index contributed by atoms with van der Waals surface area (Å²) >= 11 is 0. The second kappa shape index (κ2) is 5.11. The summed E-state index contributed by atoms with van der Waals surface area (Å²) in [6.07, 6.45) is 1.99. The molecule has 1 aromatic carbocycles. The van der Waals surface area contributed by atoms with E-state index in [1.807, 2.05) is 12.1 Å². The number of aromatic nitrogens is 2. The molecule has 4 heteroatoms. The molecule has 0 spiro atoms. The molecule has 0 saturated carbocycles. The first-order valence-corrected chi connectivity index (χ1v) is 7.59. The van der Waals surface area contributed by atoms with Gasteiger partial charge >= 0.3 is 0 Å². The molecule has 1 N–H and O–H groups in total. The van der Waals surface area contributed by atoms with Gasteiger partial charge in [-0.3, -0.25) is 0 Å². The summed E-state index contributed by atoms with van der Waals surface area (Å²) in [6.45, 7) is 4.65. The zero-order chi connectivity index (χ0) is 14.2. The van der Waals surface area contributed by atoms with Crippen LogP contribution in [0.4, 0.5) is 0 Å². The third kappa shape index (κ3) is 2.29. The quantitative estimate of drug-likeness (QED) is 0.870. The molecule has 0 aliphatic carbocycles. The molecule has 0 fully saturated rings. The molecule has 0 bridgehead atoms. The summed E-state index contributed by atoms with van der Waals surface area (Å²) in [4.78, 5) is 9.58. The first-order chi connectivity index (χ1) is 10.3. The highest BCUT2D eigenvalue weighted by Crippen LogP contribution is 2.31. The fourth-order valence-corrected chi connectivity index (χ4v) is 3.25. The molecule has 21 heavy (non-hydrogen) atoms. The number of hydrogen-bond donors (Lipinski definition) is 1. The molecule has 3 heterocycles. The number of ether oxygens (including phenoxy) is 1. The van der Waals surface area contributed by atoms with E-state index in [4.69, 9.17) is 14.7 Å². The molecule has 108 valence electrons. The molecule has 0 saturated heterocycles. The molecule has 4 rings (SSSR count). The van der Waals surface area contributed by atoms with Crippen molar-refractivity contribution in [2.24, 2.45) is 0 Å². The number of fused-ring (bicyclic) bond motifs is 2. The number of rotatable bonds is 1. The van der Waals surface area contributed by atoms with Crippen molar-refractivity contribution in [2.75, 3.05) is 13.2 Å². The SMILES string of the molecule is Cc1nc(C2COc3ccccc3C2)nc2c1CCNC2. The van der Waals surface area contributed by atoms with Crippen molar-refractivity contribution < 1.29 is 4.74 Å². The lowest BCUT2D eigenvalue weighted by atomic mass is 9.95. The van der Waals surface area contributed by atoms with E-state index in [9.17, 15) is 0 Å². The minimum atomic E-state index is 0.255. The molecule has 2 aliphatic heterocycles. The van der Waals surface area contributed by atoms with E-state index in [0.717, 1.165) is 43.2 Å². The first-order valence-electron chi connectivity index (χ1n) is 7.59. The van der Waals surface area contributed by atoms with Crippen LogP contribution in [0.25, 0.3) is 0 Å². The largest absolute Gasteiger partial charge is 0.493 e. The van der Waals surface area contributed by atoms with Gasteiger partial charge < -0.3 is 10.1 Å². The Labute approximate surface area is 124 Å². The minimum absolute atomic E-state index is 0.255. The lowest BCUT2D eigenvalue weighted by Gasteiger charge is -2.26. The normalized spacial score (nSPS) is 20.3. The van der Waals surface area contributed by atoms with Crippen molar-refractivity contribution in [3.63, 3.8) is 0 Å². The summed E-state index contributed by atoms with van der Waals surface area (Å²) in [5, 5.41) is 3.39. The predicted octanol–water partition coefficient (Wildman–Crippen LogP) is 2.15. The van der Waals surface area contributed by atoms with Crippen LogP contribution in [-0.2, 0) is 19.4 Å². The summed E-state index contributed by atoms with van der Waals surface area (Å²) in [5.41, 5.74) is 4.89. The van der Waals surface area contributed by atoms with Crippen molar-refractivity contribution in [1.82, 2.24) is 15.3 Å². The number of para-hydroxylation sites is 1. The minimum Gasteiger partial charge on any atom is -0.493 e. The first kappa shape index (κ1) is 12.8. The molecule has 0 radical (unpaired) electrons. The fourth-order valence-electron chi connectivity index (χ4n) is 3.25. The number of aryl methyl sites for hydroxylation is 1. The van der Waals surface area contributed by atoms with Crippen LogP contribution in [0.1, 0.15) is 34.3 Å². The molecule has 1 unspecified atom stereocenters. The summed E-state index contributed by atoms with van der Waals surface area (Å²) in [7, 11) is 0. The zero-order valence-electron chi connectivity index (χ0n) is 12.2. The van der Waals surface area contributed by atoms with Gasteiger partial charge in [-0.2, -0.15) is 0 Å². The maximum Gasteiger partial charge on any atom is 0.135 e. The summed E-state index contributed by atoms with van der Waals surface area (Å²) < 4.78 is 5.88. The topological polar surface area (TPSA) is 47.0 Å². The van der Waals surface area contributed by atoms with Crippen molar-refractivity contribution in [2.45, 2.75) is 32.2 Å². The second-order valence-electron chi connectivity index (χ2n) is 5.84. The molecule has 1 atom stereocenters. The van der Waals surface area contributed by atoms with E-state index in [0.29, 0.717) is 6.61 Å². The van der Waals surface area contributed by atoms with Gasteiger partial charge in [-0.15, -0.1) is 0 Å². The Bertz CT molecular complexity index is 684. The van der Waals surface area contributed by atoms with Gasteiger partial charge in [-0.1, -0.05) is 18.2 Å². The number of benzene rings is 1. The molecule has 1 aromatic heterocycles. The van der Waals surface area contributed by atoms with Crippen LogP contribution < -0.4 is 10.1 Å². The van der Waals surface area contributed by atoms with E-state index in [1.54, 1.807) is 0 Å². The third-order valence-electron chi connectivity index (χ3n) is 4.41. The smallest absolute Gasteiger partial charge is 0.135 e. The Balaban J connectivity index is 1.67. The van der Waals surface area contributed by atoms with Gasteiger partial charge in [-0.25, -0.2) is 9.97 Å². The number of nitrogens with zero attached hydrogens (tertiary/aromatic N) is 2. The highest BCUT2D eigenvalue weighted by atomic mass is 16.5. The zero-order valence-corrected chi connectivity index (χ0v) is 12.2. The maximum absolute atomic E-state index is 5.88. The fraction of sp³-hybridized carbons (Fsp3) is 0.412. The van der Waals surface area contributed by atoms with E-state index in [2.05, 4.69) is 24.4 Å².